The maximum atomic E-state index is 12.4. The van der Waals surface area contributed by atoms with E-state index in [0.717, 1.165) is 23.2 Å². The van der Waals surface area contributed by atoms with Crippen molar-refractivity contribution in [3.8, 4) is 0 Å². The minimum absolute atomic E-state index is 0.0357. The maximum Gasteiger partial charge on any atom is 0.193 e. The number of carbonyl (C=O) groups excluding carboxylic acids is 1. The van der Waals surface area contributed by atoms with Gasteiger partial charge in [-0.2, -0.15) is 0 Å². The standard InChI is InChI=1S/C17H17NO/c1-4-14-7-5-8-15(11-14)17(19)12(2)16-9-6-10-18-13(16)3/h5-11H,2,4H2,1,3H3. The molecule has 19 heavy (non-hydrogen) atoms. The molecule has 0 saturated carbocycles. The summed E-state index contributed by atoms with van der Waals surface area (Å²) < 4.78 is 0. The fraction of sp³-hybridized carbons (Fsp3) is 0.176. The number of Topliss-reactive ketones (excluding diaryl/α,β-unsaturated/α-hetero) is 1. The van der Waals surface area contributed by atoms with Gasteiger partial charge in [-0.05, 0) is 31.0 Å². The Morgan fingerprint density at radius 1 is 1.26 bits per heavy atom. The van der Waals surface area contributed by atoms with Gasteiger partial charge in [-0.1, -0.05) is 37.8 Å². The average molecular weight is 251 g/mol. The Kier molecular flexibility index (Phi) is 3.91. The highest BCUT2D eigenvalue weighted by atomic mass is 16.1. The summed E-state index contributed by atoms with van der Waals surface area (Å²) >= 11 is 0. The first-order valence-corrected chi connectivity index (χ1v) is 6.38. The molecule has 0 aliphatic carbocycles. The molecule has 2 heteroatoms. The number of benzene rings is 1. The number of aryl methyl sites for hydroxylation is 2. The van der Waals surface area contributed by atoms with Crippen LogP contribution in [0.4, 0.5) is 0 Å². The fourth-order valence-corrected chi connectivity index (χ4v) is 2.03. The number of pyridine rings is 1. The molecule has 0 atom stereocenters. The number of hydrogen-bond acceptors (Lipinski definition) is 2. The van der Waals surface area contributed by atoms with Gasteiger partial charge in [-0.25, -0.2) is 0 Å². The number of ketones is 1. The highest BCUT2D eigenvalue weighted by Gasteiger charge is 2.14. The molecule has 0 aliphatic rings. The molecule has 0 radical (unpaired) electrons. The van der Waals surface area contributed by atoms with Gasteiger partial charge in [0.15, 0.2) is 5.78 Å². The predicted octanol–water partition coefficient (Wildman–Crippen LogP) is 3.85. The maximum absolute atomic E-state index is 12.4. The van der Waals surface area contributed by atoms with Gasteiger partial charge in [0.25, 0.3) is 0 Å². The van der Waals surface area contributed by atoms with E-state index in [2.05, 4.69) is 18.5 Å². The van der Waals surface area contributed by atoms with Crippen LogP contribution in [0.25, 0.3) is 5.57 Å². The van der Waals surface area contributed by atoms with Crippen LogP contribution in [-0.2, 0) is 6.42 Å². The van der Waals surface area contributed by atoms with E-state index in [4.69, 9.17) is 0 Å². The molecule has 0 amide bonds. The molecule has 0 unspecified atom stereocenters. The van der Waals surface area contributed by atoms with Crippen molar-refractivity contribution in [2.45, 2.75) is 20.3 Å². The van der Waals surface area contributed by atoms with Gasteiger partial charge in [-0.3, -0.25) is 9.78 Å². The van der Waals surface area contributed by atoms with E-state index in [1.54, 1.807) is 6.20 Å². The summed E-state index contributed by atoms with van der Waals surface area (Å²) in [6.45, 7) is 7.89. The summed E-state index contributed by atoms with van der Waals surface area (Å²) in [5, 5.41) is 0. The third-order valence-corrected chi connectivity index (χ3v) is 3.20. The second-order valence-corrected chi connectivity index (χ2v) is 4.50. The van der Waals surface area contributed by atoms with Crippen LogP contribution >= 0.6 is 0 Å². The van der Waals surface area contributed by atoms with Gasteiger partial charge < -0.3 is 0 Å². The Balaban J connectivity index is 2.34. The van der Waals surface area contributed by atoms with Gasteiger partial charge in [0.1, 0.15) is 0 Å². The Labute approximate surface area is 113 Å². The average Bonchev–Trinajstić information content (AvgIpc) is 2.46. The van der Waals surface area contributed by atoms with Crippen molar-refractivity contribution in [3.63, 3.8) is 0 Å². The number of allylic oxidation sites excluding steroid dienone is 1. The van der Waals surface area contributed by atoms with E-state index >= 15 is 0 Å². The van der Waals surface area contributed by atoms with Crippen LogP contribution in [-0.4, -0.2) is 10.8 Å². The van der Waals surface area contributed by atoms with Crippen molar-refractivity contribution in [2.24, 2.45) is 0 Å². The third kappa shape index (κ3) is 2.79. The normalized spacial score (nSPS) is 10.2. The van der Waals surface area contributed by atoms with Gasteiger partial charge in [0.2, 0.25) is 0 Å². The molecule has 0 fully saturated rings. The van der Waals surface area contributed by atoms with Crippen molar-refractivity contribution in [1.29, 1.82) is 0 Å². The minimum Gasteiger partial charge on any atom is -0.289 e. The summed E-state index contributed by atoms with van der Waals surface area (Å²) in [5.41, 5.74) is 3.98. The molecule has 2 aromatic rings. The molecule has 0 saturated heterocycles. The third-order valence-electron chi connectivity index (χ3n) is 3.20. The van der Waals surface area contributed by atoms with E-state index < -0.39 is 0 Å². The molecule has 0 bridgehead atoms. The summed E-state index contributed by atoms with van der Waals surface area (Å²) in [6.07, 6.45) is 2.63. The zero-order valence-electron chi connectivity index (χ0n) is 11.3. The van der Waals surface area contributed by atoms with Crippen molar-refractivity contribution in [3.05, 3.63) is 71.6 Å². The molecular formula is C17H17NO. The van der Waals surface area contributed by atoms with Crippen molar-refractivity contribution in [1.82, 2.24) is 4.98 Å². The van der Waals surface area contributed by atoms with E-state index in [1.165, 1.54) is 0 Å². The minimum atomic E-state index is -0.0357. The molecule has 0 spiro atoms. The highest BCUT2D eigenvalue weighted by Crippen LogP contribution is 2.20. The van der Waals surface area contributed by atoms with Crippen LogP contribution < -0.4 is 0 Å². The first-order valence-electron chi connectivity index (χ1n) is 6.38. The van der Waals surface area contributed by atoms with Crippen LogP contribution in [0, 0.1) is 6.92 Å². The first kappa shape index (κ1) is 13.2. The Hall–Kier alpha value is -2.22. The molecule has 96 valence electrons. The van der Waals surface area contributed by atoms with Crippen LogP contribution in [0.2, 0.25) is 0 Å². The largest absolute Gasteiger partial charge is 0.289 e. The summed E-state index contributed by atoms with van der Waals surface area (Å²) in [4.78, 5) is 16.6. The van der Waals surface area contributed by atoms with E-state index in [1.807, 2.05) is 43.3 Å². The molecule has 2 nitrogen and oxygen atoms in total. The molecule has 2 rings (SSSR count). The van der Waals surface area contributed by atoms with Gasteiger partial charge in [0.05, 0.1) is 0 Å². The van der Waals surface area contributed by atoms with Crippen LogP contribution in [0.5, 0.6) is 0 Å². The van der Waals surface area contributed by atoms with Crippen molar-refractivity contribution < 1.29 is 4.79 Å². The number of nitrogens with zero attached hydrogens (tertiary/aromatic N) is 1. The lowest BCUT2D eigenvalue weighted by molar-refractivity contribution is 0.105. The lowest BCUT2D eigenvalue weighted by atomic mass is 9.96. The van der Waals surface area contributed by atoms with E-state index in [0.29, 0.717) is 11.1 Å². The summed E-state index contributed by atoms with van der Waals surface area (Å²) in [6, 6.07) is 11.4. The topological polar surface area (TPSA) is 30.0 Å². The quantitative estimate of drug-likeness (QED) is 0.610. The summed E-state index contributed by atoms with van der Waals surface area (Å²) in [7, 11) is 0. The molecular weight excluding hydrogens is 234 g/mol. The molecule has 1 aromatic heterocycles. The van der Waals surface area contributed by atoms with Crippen molar-refractivity contribution in [2.75, 3.05) is 0 Å². The lowest BCUT2D eigenvalue weighted by Crippen LogP contribution is -2.04. The molecule has 0 aliphatic heterocycles. The summed E-state index contributed by atoms with van der Waals surface area (Å²) in [5.74, 6) is -0.0357. The molecule has 0 N–H and O–H groups in total. The Morgan fingerprint density at radius 2 is 2.05 bits per heavy atom. The van der Waals surface area contributed by atoms with Gasteiger partial charge in [-0.15, -0.1) is 0 Å². The predicted molar refractivity (Wildman–Crippen MR) is 78.2 cm³/mol. The monoisotopic (exact) mass is 251 g/mol. The SMILES string of the molecule is C=C(C(=O)c1cccc(CC)c1)c1cccnc1C. The van der Waals surface area contributed by atoms with Crippen LogP contribution in [0.15, 0.2) is 49.2 Å². The fourth-order valence-electron chi connectivity index (χ4n) is 2.03. The van der Waals surface area contributed by atoms with E-state index in [9.17, 15) is 4.79 Å². The van der Waals surface area contributed by atoms with E-state index in [-0.39, 0.29) is 5.78 Å². The Bertz CT molecular complexity index is 629. The second kappa shape index (κ2) is 5.61. The zero-order valence-corrected chi connectivity index (χ0v) is 11.3. The number of carbonyl (C=O) groups is 1. The molecule has 1 heterocycles. The lowest BCUT2D eigenvalue weighted by Gasteiger charge is -2.08. The van der Waals surface area contributed by atoms with Gasteiger partial charge >= 0.3 is 0 Å². The highest BCUT2D eigenvalue weighted by molar-refractivity contribution is 6.28. The van der Waals surface area contributed by atoms with Crippen LogP contribution in [0.1, 0.15) is 34.1 Å². The zero-order chi connectivity index (χ0) is 13.8. The van der Waals surface area contributed by atoms with Crippen molar-refractivity contribution >= 4 is 11.4 Å². The first-order chi connectivity index (χ1) is 9.13. The second-order valence-electron chi connectivity index (χ2n) is 4.50. The smallest absolute Gasteiger partial charge is 0.193 e. The number of hydrogen-bond donors (Lipinski definition) is 0. The Morgan fingerprint density at radius 3 is 2.74 bits per heavy atom. The van der Waals surface area contributed by atoms with Gasteiger partial charge in [0, 0.05) is 28.6 Å². The number of rotatable bonds is 4. The van der Waals surface area contributed by atoms with Crippen LogP contribution in [0.3, 0.4) is 0 Å². The number of aromatic nitrogens is 1. The molecule has 1 aromatic carbocycles.